The summed E-state index contributed by atoms with van der Waals surface area (Å²) >= 11 is 6.22. The van der Waals surface area contributed by atoms with Crippen LogP contribution < -0.4 is 0 Å². The molecule has 24 heavy (non-hydrogen) atoms. The molecule has 0 radical (unpaired) electrons. The predicted molar refractivity (Wildman–Crippen MR) is 100 cm³/mol. The molecule has 0 aliphatic heterocycles. The van der Waals surface area contributed by atoms with E-state index in [0.717, 1.165) is 22.3 Å². The Morgan fingerprint density at radius 2 is 1.42 bits per heavy atom. The van der Waals surface area contributed by atoms with Gasteiger partial charge in [-0.25, -0.2) is 0 Å². The Kier molecular flexibility index (Phi) is 4.68. The highest BCUT2D eigenvalue weighted by Crippen LogP contribution is 2.35. The lowest BCUT2D eigenvalue weighted by Gasteiger charge is -2.17. The average molecular weight is 336 g/mol. The second kappa shape index (κ2) is 6.90. The van der Waals surface area contributed by atoms with Crippen molar-refractivity contribution in [1.29, 1.82) is 0 Å². The minimum absolute atomic E-state index is 0.0375. The molecule has 3 heteroatoms. The van der Waals surface area contributed by atoms with Crippen molar-refractivity contribution in [1.82, 2.24) is 4.90 Å². The van der Waals surface area contributed by atoms with Crippen LogP contribution in [-0.2, 0) is 0 Å². The first-order chi connectivity index (χ1) is 11.6. The molecule has 0 atom stereocenters. The number of amides is 1. The molecule has 0 N–H and O–H groups in total. The van der Waals surface area contributed by atoms with Crippen LogP contribution in [0.25, 0.3) is 22.3 Å². The number of hydrogen-bond acceptors (Lipinski definition) is 1. The van der Waals surface area contributed by atoms with Gasteiger partial charge in [0.1, 0.15) is 0 Å². The standard InChI is InChI=1S/C21H18ClNO/c1-23(2)21(24)19-13-12-16(22)14-20(19)18-11-7-6-10-17(18)15-8-4-3-5-9-15/h3-14H,1-2H3. The predicted octanol–water partition coefficient (Wildman–Crippen LogP) is 5.38. The molecule has 0 heterocycles. The van der Waals surface area contributed by atoms with Crippen molar-refractivity contribution in [2.75, 3.05) is 14.1 Å². The van der Waals surface area contributed by atoms with Crippen LogP contribution in [0.2, 0.25) is 5.02 Å². The van der Waals surface area contributed by atoms with Gasteiger partial charge in [-0.05, 0) is 40.5 Å². The highest BCUT2D eigenvalue weighted by molar-refractivity contribution is 6.31. The minimum atomic E-state index is -0.0375. The molecule has 3 aromatic rings. The van der Waals surface area contributed by atoms with Gasteiger partial charge in [0.2, 0.25) is 0 Å². The summed E-state index contributed by atoms with van der Waals surface area (Å²) in [7, 11) is 3.51. The lowest BCUT2D eigenvalue weighted by Crippen LogP contribution is -2.22. The normalized spacial score (nSPS) is 10.5. The summed E-state index contributed by atoms with van der Waals surface area (Å²) in [5.41, 5.74) is 4.68. The molecule has 0 aromatic heterocycles. The van der Waals surface area contributed by atoms with E-state index in [0.29, 0.717) is 10.6 Å². The molecule has 0 aliphatic carbocycles. The summed E-state index contributed by atoms with van der Waals surface area (Å²) in [6, 6.07) is 23.6. The molecule has 0 aliphatic rings. The number of carbonyl (C=O) groups is 1. The van der Waals surface area contributed by atoms with Crippen LogP contribution in [0.3, 0.4) is 0 Å². The van der Waals surface area contributed by atoms with Gasteiger partial charge >= 0.3 is 0 Å². The quantitative estimate of drug-likeness (QED) is 0.629. The van der Waals surface area contributed by atoms with Gasteiger partial charge < -0.3 is 4.90 Å². The molecule has 3 aromatic carbocycles. The Bertz CT molecular complexity index is 872. The Morgan fingerprint density at radius 1 is 0.792 bits per heavy atom. The van der Waals surface area contributed by atoms with E-state index in [1.807, 2.05) is 42.5 Å². The second-order valence-electron chi connectivity index (χ2n) is 5.80. The maximum absolute atomic E-state index is 12.6. The van der Waals surface area contributed by atoms with Crippen molar-refractivity contribution in [2.24, 2.45) is 0 Å². The first kappa shape index (κ1) is 16.3. The third kappa shape index (κ3) is 3.19. The molecule has 0 unspecified atom stereocenters. The molecular weight excluding hydrogens is 318 g/mol. The fourth-order valence-electron chi connectivity index (χ4n) is 2.75. The lowest BCUT2D eigenvalue weighted by molar-refractivity contribution is 0.0828. The first-order valence-corrected chi connectivity index (χ1v) is 8.12. The van der Waals surface area contributed by atoms with Crippen molar-refractivity contribution in [3.8, 4) is 22.3 Å². The van der Waals surface area contributed by atoms with Gasteiger partial charge in [0.25, 0.3) is 5.91 Å². The summed E-state index contributed by atoms with van der Waals surface area (Å²) in [5.74, 6) is -0.0375. The molecular formula is C21H18ClNO. The number of hydrogen-bond donors (Lipinski definition) is 0. The van der Waals surface area contributed by atoms with Crippen molar-refractivity contribution in [3.63, 3.8) is 0 Å². The van der Waals surface area contributed by atoms with Crippen molar-refractivity contribution >= 4 is 17.5 Å². The number of benzene rings is 3. The Balaban J connectivity index is 2.24. The third-order valence-electron chi connectivity index (χ3n) is 3.92. The zero-order valence-corrected chi connectivity index (χ0v) is 14.4. The highest BCUT2D eigenvalue weighted by atomic mass is 35.5. The van der Waals surface area contributed by atoms with Crippen molar-refractivity contribution in [2.45, 2.75) is 0 Å². The summed E-state index contributed by atoms with van der Waals surface area (Å²) in [6.07, 6.45) is 0. The van der Waals surface area contributed by atoms with Crippen LogP contribution in [0.15, 0.2) is 72.8 Å². The topological polar surface area (TPSA) is 20.3 Å². The molecule has 120 valence electrons. The Labute approximate surface area is 147 Å². The van der Waals surface area contributed by atoms with Gasteiger partial charge in [-0.15, -0.1) is 0 Å². The van der Waals surface area contributed by atoms with Crippen LogP contribution in [-0.4, -0.2) is 24.9 Å². The second-order valence-corrected chi connectivity index (χ2v) is 6.24. The third-order valence-corrected chi connectivity index (χ3v) is 4.16. The van der Waals surface area contributed by atoms with Gasteiger partial charge in [0, 0.05) is 24.7 Å². The van der Waals surface area contributed by atoms with E-state index in [1.165, 1.54) is 0 Å². The summed E-state index contributed by atoms with van der Waals surface area (Å²) < 4.78 is 0. The van der Waals surface area contributed by atoms with Crippen LogP contribution in [0.5, 0.6) is 0 Å². The summed E-state index contributed by atoms with van der Waals surface area (Å²) in [5, 5.41) is 0.614. The van der Waals surface area contributed by atoms with E-state index in [1.54, 1.807) is 31.1 Å². The molecule has 0 saturated heterocycles. The average Bonchev–Trinajstić information content (AvgIpc) is 2.62. The SMILES string of the molecule is CN(C)C(=O)c1ccc(Cl)cc1-c1ccccc1-c1ccccc1. The van der Waals surface area contributed by atoms with Crippen molar-refractivity contribution in [3.05, 3.63) is 83.4 Å². The number of halogens is 1. The zero-order valence-electron chi connectivity index (χ0n) is 13.7. The van der Waals surface area contributed by atoms with Crippen molar-refractivity contribution < 1.29 is 4.79 Å². The Hall–Kier alpha value is -2.58. The van der Waals surface area contributed by atoms with Crippen LogP contribution in [0.4, 0.5) is 0 Å². The molecule has 1 amide bonds. The Morgan fingerprint density at radius 3 is 2.08 bits per heavy atom. The monoisotopic (exact) mass is 335 g/mol. The molecule has 2 nitrogen and oxygen atoms in total. The minimum Gasteiger partial charge on any atom is -0.345 e. The van der Waals surface area contributed by atoms with Gasteiger partial charge in [-0.2, -0.15) is 0 Å². The summed E-state index contributed by atoms with van der Waals surface area (Å²) in [4.78, 5) is 14.2. The zero-order chi connectivity index (χ0) is 17.1. The summed E-state index contributed by atoms with van der Waals surface area (Å²) in [6.45, 7) is 0. The molecule has 0 bridgehead atoms. The van der Waals surface area contributed by atoms with Crippen LogP contribution in [0, 0.1) is 0 Å². The fraction of sp³-hybridized carbons (Fsp3) is 0.0952. The number of nitrogens with zero attached hydrogens (tertiary/aromatic N) is 1. The molecule has 0 saturated carbocycles. The van der Waals surface area contributed by atoms with Gasteiger partial charge in [0.15, 0.2) is 0 Å². The number of rotatable bonds is 3. The largest absolute Gasteiger partial charge is 0.345 e. The van der Waals surface area contributed by atoms with Gasteiger partial charge in [0.05, 0.1) is 0 Å². The number of carbonyl (C=O) groups excluding carboxylic acids is 1. The van der Waals surface area contributed by atoms with E-state index in [2.05, 4.69) is 18.2 Å². The van der Waals surface area contributed by atoms with Gasteiger partial charge in [-0.1, -0.05) is 66.2 Å². The first-order valence-electron chi connectivity index (χ1n) is 7.74. The lowest BCUT2D eigenvalue weighted by atomic mass is 9.91. The molecule has 0 fully saturated rings. The van der Waals surface area contributed by atoms with Gasteiger partial charge in [-0.3, -0.25) is 4.79 Å². The smallest absolute Gasteiger partial charge is 0.253 e. The maximum Gasteiger partial charge on any atom is 0.253 e. The molecule has 3 rings (SSSR count). The van der Waals surface area contributed by atoms with Crippen LogP contribution in [0.1, 0.15) is 10.4 Å². The highest BCUT2D eigenvalue weighted by Gasteiger charge is 2.17. The van der Waals surface area contributed by atoms with E-state index < -0.39 is 0 Å². The molecule has 0 spiro atoms. The van der Waals surface area contributed by atoms with E-state index in [9.17, 15) is 4.79 Å². The maximum atomic E-state index is 12.6. The van der Waals surface area contributed by atoms with E-state index in [4.69, 9.17) is 11.6 Å². The van der Waals surface area contributed by atoms with Crippen LogP contribution >= 0.6 is 11.6 Å². The van der Waals surface area contributed by atoms with E-state index in [-0.39, 0.29) is 5.91 Å². The van der Waals surface area contributed by atoms with E-state index >= 15 is 0 Å². The fourth-order valence-corrected chi connectivity index (χ4v) is 2.93.